The minimum absolute atomic E-state index is 0.126. The van der Waals surface area contributed by atoms with Crippen LogP contribution in [0, 0.1) is 6.92 Å². The van der Waals surface area contributed by atoms with Gasteiger partial charge in [-0.2, -0.15) is 0 Å². The zero-order chi connectivity index (χ0) is 20.5. The SMILES string of the molecule is CCN1C(=O)CCc2cc(NC(=O)c3c(-c4ccccc4Cl)noc3C)ccc21. The number of hydrogen-bond acceptors (Lipinski definition) is 4. The summed E-state index contributed by atoms with van der Waals surface area (Å²) in [5, 5.41) is 7.46. The first-order chi connectivity index (χ1) is 14.0. The molecule has 1 N–H and O–H groups in total. The van der Waals surface area contributed by atoms with Crippen molar-refractivity contribution in [2.24, 2.45) is 0 Å². The first-order valence-corrected chi connectivity index (χ1v) is 9.83. The molecule has 0 atom stereocenters. The predicted octanol–water partition coefficient (Wildman–Crippen LogP) is 4.85. The molecule has 148 valence electrons. The van der Waals surface area contributed by atoms with Gasteiger partial charge in [0.1, 0.15) is 17.0 Å². The van der Waals surface area contributed by atoms with Crippen molar-refractivity contribution < 1.29 is 14.1 Å². The maximum absolute atomic E-state index is 13.0. The Balaban J connectivity index is 1.64. The van der Waals surface area contributed by atoms with E-state index in [-0.39, 0.29) is 11.8 Å². The van der Waals surface area contributed by atoms with Crippen molar-refractivity contribution in [3.8, 4) is 11.3 Å². The Morgan fingerprint density at radius 2 is 2.03 bits per heavy atom. The fourth-order valence-electron chi connectivity index (χ4n) is 3.65. The van der Waals surface area contributed by atoms with Crippen molar-refractivity contribution in [2.75, 3.05) is 16.8 Å². The van der Waals surface area contributed by atoms with Gasteiger partial charge in [-0.15, -0.1) is 0 Å². The summed E-state index contributed by atoms with van der Waals surface area (Å²) < 4.78 is 5.28. The molecule has 0 saturated carbocycles. The summed E-state index contributed by atoms with van der Waals surface area (Å²) in [7, 11) is 0. The number of carbonyl (C=O) groups excluding carboxylic acids is 2. The third-order valence-corrected chi connectivity index (χ3v) is 5.40. The van der Waals surface area contributed by atoms with Crippen LogP contribution in [-0.2, 0) is 11.2 Å². The highest BCUT2D eigenvalue weighted by molar-refractivity contribution is 6.33. The molecular formula is C22H20ClN3O3. The van der Waals surface area contributed by atoms with Crippen LogP contribution in [0.25, 0.3) is 11.3 Å². The molecule has 0 unspecified atom stereocenters. The number of aromatic nitrogens is 1. The van der Waals surface area contributed by atoms with Gasteiger partial charge in [0.25, 0.3) is 5.91 Å². The number of aryl methyl sites for hydroxylation is 2. The second-order valence-electron chi connectivity index (χ2n) is 6.88. The zero-order valence-electron chi connectivity index (χ0n) is 16.2. The Labute approximate surface area is 173 Å². The normalized spacial score (nSPS) is 13.3. The van der Waals surface area contributed by atoms with Crippen LogP contribution >= 0.6 is 11.6 Å². The van der Waals surface area contributed by atoms with Gasteiger partial charge in [0.2, 0.25) is 5.91 Å². The Hall–Kier alpha value is -3.12. The van der Waals surface area contributed by atoms with Crippen LogP contribution in [0.2, 0.25) is 5.02 Å². The molecule has 0 bridgehead atoms. The first-order valence-electron chi connectivity index (χ1n) is 9.45. The summed E-state index contributed by atoms with van der Waals surface area (Å²) >= 11 is 6.28. The molecule has 0 radical (unpaired) electrons. The van der Waals surface area contributed by atoms with Crippen LogP contribution in [0.5, 0.6) is 0 Å². The minimum atomic E-state index is -0.321. The van der Waals surface area contributed by atoms with Crippen LogP contribution < -0.4 is 10.2 Å². The van der Waals surface area contributed by atoms with Crippen molar-refractivity contribution >= 4 is 34.8 Å². The molecule has 0 aliphatic carbocycles. The Morgan fingerprint density at radius 3 is 2.79 bits per heavy atom. The molecule has 0 fully saturated rings. The third-order valence-electron chi connectivity index (χ3n) is 5.07. The van der Waals surface area contributed by atoms with Gasteiger partial charge in [0.15, 0.2) is 0 Å². The summed E-state index contributed by atoms with van der Waals surface area (Å²) in [6.45, 7) is 4.27. The number of amides is 2. The van der Waals surface area contributed by atoms with E-state index >= 15 is 0 Å². The Kier molecular flexibility index (Phi) is 5.11. The number of rotatable bonds is 4. The topological polar surface area (TPSA) is 75.4 Å². The number of nitrogens with zero attached hydrogens (tertiary/aromatic N) is 2. The zero-order valence-corrected chi connectivity index (χ0v) is 16.9. The molecular weight excluding hydrogens is 390 g/mol. The molecule has 2 amide bonds. The maximum atomic E-state index is 13.0. The number of hydrogen-bond donors (Lipinski definition) is 1. The third kappa shape index (κ3) is 3.51. The summed E-state index contributed by atoms with van der Waals surface area (Å²) in [6, 6.07) is 12.8. The average Bonchev–Trinajstić information content (AvgIpc) is 3.09. The highest BCUT2D eigenvalue weighted by Crippen LogP contribution is 2.33. The van der Waals surface area contributed by atoms with Crippen LogP contribution in [-0.4, -0.2) is 23.5 Å². The smallest absolute Gasteiger partial charge is 0.261 e. The van der Waals surface area contributed by atoms with Gasteiger partial charge in [-0.05, 0) is 50.1 Å². The highest BCUT2D eigenvalue weighted by Gasteiger charge is 2.25. The van der Waals surface area contributed by atoms with Gasteiger partial charge < -0.3 is 14.7 Å². The lowest BCUT2D eigenvalue weighted by Crippen LogP contribution is -2.34. The van der Waals surface area contributed by atoms with E-state index in [1.165, 1.54) is 0 Å². The van der Waals surface area contributed by atoms with Crippen LogP contribution in [0.15, 0.2) is 47.0 Å². The lowest BCUT2D eigenvalue weighted by molar-refractivity contribution is -0.118. The van der Waals surface area contributed by atoms with Crippen molar-refractivity contribution in [2.45, 2.75) is 26.7 Å². The van der Waals surface area contributed by atoms with Crippen molar-refractivity contribution in [3.63, 3.8) is 0 Å². The standard InChI is InChI=1S/C22H20ClN3O3/c1-3-26-18-10-9-15(12-14(18)8-11-19(26)27)24-22(28)20-13(2)29-25-21(20)16-6-4-5-7-17(16)23/h4-7,9-10,12H,3,8,11H2,1-2H3,(H,24,28). The maximum Gasteiger partial charge on any atom is 0.261 e. The van der Waals surface area contributed by atoms with Gasteiger partial charge in [-0.1, -0.05) is 35.0 Å². The molecule has 1 aliphatic heterocycles. The fraction of sp³-hybridized carbons (Fsp3) is 0.227. The predicted molar refractivity (Wildman–Crippen MR) is 112 cm³/mol. The van der Waals surface area contributed by atoms with Crippen molar-refractivity contribution in [1.82, 2.24) is 5.16 Å². The van der Waals surface area contributed by atoms with E-state index < -0.39 is 0 Å². The quantitative estimate of drug-likeness (QED) is 0.668. The Bertz CT molecular complexity index is 1110. The monoisotopic (exact) mass is 409 g/mol. The largest absolute Gasteiger partial charge is 0.360 e. The lowest BCUT2D eigenvalue weighted by Gasteiger charge is -2.28. The minimum Gasteiger partial charge on any atom is -0.360 e. The number of nitrogens with one attached hydrogen (secondary N) is 1. The van der Waals surface area contributed by atoms with E-state index in [2.05, 4.69) is 10.5 Å². The fourth-order valence-corrected chi connectivity index (χ4v) is 3.88. The molecule has 4 rings (SSSR count). The van der Waals surface area contributed by atoms with Crippen LogP contribution in [0.3, 0.4) is 0 Å². The summed E-state index contributed by atoms with van der Waals surface area (Å²) in [6.07, 6.45) is 1.13. The molecule has 2 heterocycles. The highest BCUT2D eigenvalue weighted by atomic mass is 35.5. The summed E-state index contributed by atoms with van der Waals surface area (Å²) in [4.78, 5) is 26.9. The molecule has 1 aromatic heterocycles. The molecule has 7 heteroatoms. The van der Waals surface area contributed by atoms with E-state index in [0.29, 0.717) is 52.7 Å². The number of halogens is 1. The van der Waals surface area contributed by atoms with Gasteiger partial charge in [-0.25, -0.2) is 0 Å². The van der Waals surface area contributed by atoms with Crippen molar-refractivity contribution in [1.29, 1.82) is 0 Å². The first kappa shape index (κ1) is 19.2. The second kappa shape index (κ2) is 7.72. The van der Waals surface area contributed by atoms with E-state index in [4.69, 9.17) is 16.1 Å². The molecule has 6 nitrogen and oxygen atoms in total. The molecule has 3 aromatic rings. The van der Waals surface area contributed by atoms with Crippen LogP contribution in [0.4, 0.5) is 11.4 Å². The Morgan fingerprint density at radius 1 is 1.24 bits per heavy atom. The summed E-state index contributed by atoms with van der Waals surface area (Å²) in [5.41, 5.74) is 3.99. The number of carbonyl (C=O) groups is 2. The molecule has 0 saturated heterocycles. The van der Waals surface area contributed by atoms with Gasteiger partial charge >= 0.3 is 0 Å². The number of fused-ring (bicyclic) bond motifs is 1. The van der Waals surface area contributed by atoms with E-state index in [0.717, 1.165) is 11.3 Å². The number of anilines is 2. The molecule has 0 spiro atoms. The van der Waals surface area contributed by atoms with Gasteiger partial charge in [-0.3, -0.25) is 9.59 Å². The van der Waals surface area contributed by atoms with E-state index in [1.807, 2.05) is 31.2 Å². The van der Waals surface area contributed by atoms with Crippen LogP contribution in [0.1, 0.15) is 35.0 Å². The molecule has 2 aromatic carbocycles. The van der Waals surface area contributed by atoms with E-state index in [1.54, 1.807) is 30.0 Å². The second-order valence-corrected chi connectivity index (χ2v) is 7.29. The van der Waals surface area contributed by atoms with Gasteiger partial charge in [0, 0.05) is 29.9 Å². The van der Waals surface area contributed by atoms with Gasteiger partial charge in [0.05, 0.1) is 5.02 Å². The average molecular weight is 410 g/mol. The molecule has 1 aliphatic rings. The summed E-state index contributed by atoms with van der Waals surface area (Å²) in [5.74, 6) is 0.220. The molecule has 29 heavy (non-hydrogen) atoms. The lowest BCUT2D eigenvalue weighted by atomic mass is 10.00. The van der Waals surface area contributed by atoms with Crippen molar-refractivity contribution in [3.05, 3.63) is 64.4 Å². The number of benzene rings is 2. The van der Waals surface area contributed by atoms with E-state index in [9.17, 15) is 9.59 Å².